The lowest BCUT2D eigenvalue weighted by molar-refractivity contribution is -0.137. The molecule has 0 saturated heterocycles. The fourth-order valence-electron chi connectivity index (χ4n) is 1.84. The van der Waals surface area contributed by atoms with Crippen molar-refractivity contribution in [3.63, 3.8) is 0 Å². The zero-order valence-electron chi connectivity index (χ0n) is 11.6. The maximum atomic E-state index is 10.6. The first-order valence-electron chi connectivity index (χ1n) is 6.47. The Morgan fingerprint density at radius 2 is 2.05 bits per heavy atom. The van der Waals surface area contributed by atoms with Crippen LogP contribution in [0.15, 0.2) is 35.7 Å². The van der Waals surface area contributed by atoms with Gasteiger partial charge in [0.05, 0.1) is 5.69 Å². The first-order valence-corrected chi connectivity index (χ1v) is 7.35. The van der Waals surface area contributed by atoms with Crippen molar-refractivity contribution in [3.05, 3.63) is 35.7 Å². The van der Waals surface area contributed by atoms with E-state index in [0.717, 1.165) is 16.4 Å². The van der Waals surface area contributed by atoms with Crippen molar-refractivity contribution in [2.75, 3.05) is 5.32 Å². The number of carboxylic acids is 1. The predicted octanol–water partition coefficient (Wildman–Crippen LogP) is 3.87. The lowest BCUT2D eigenvalue weighted by atomic mass is 9.99. The lowest BCUT2D eigenvalue weighted by Crippen LogP contribution is -2.31. The normalized spacial score (nSPS) is 11.3. The maximum absolute atomic E-state index is 10.6. The van der Waals surface area contributed by atoms with Crippen LogP contribution in [0.4, 0.5) is 5.13 Å². The van der Waals surface area contributed by atoms with Crippen molar-refractivity contribution in [2.45, 2.75) is 32.2 Å². The zero-order valence-corrected chi connectivity index (χ0v) is 12.4. The highest BCUT2D eigenvalue weighted by molar-refractivity contribution is 7.14. The van der Waals surface area contributed by atoms with Gasteiger partial charge < -0.3 is 10.4 Å². The number of aromatic nitrogens is 1. The minimum atomic E-state index is -0.774. The Morgan fingerprint density at radius 1 is 1.35 bits per heavy atom. The van der Waals surface area contributed by atoms with E-state index in [1.807, 2.05) is 49.6 Å². The molecule has 0 bridgehead atoms. The molecule has 0 amide bonds. The summed E-state index contributed by atoms with van der Waals surface area (Å²) in [5.41, 5.74) is 1.73. The lowest BCUT2D eigenvalue weighted by Gasteiger charge is -2.25. The van der Waals surface area contributed by atoms with E-state index >= 15 is 0 Å². The zero-order chi connectivity index (χ0) is 14.6. The molecule has 0 aliphatic rings. The number of hydrogen-bond acceptors (Lipinski definition) is 4. The number of benzene rings is 1. The molecule has 1 aromatic heterocycles. The molecule has 4 nitrogen and oxygen atoms in total. The third kappa shape index (κ3) is 4.06. The summed E-state index contributed by atoms with van der Waals surface area (Å²) in [6, 6.07) is 9.99. The molecule has 2 N–H and O–H groups in total. The Hall–Kier alpha value is -1.88. The third-order valence-electron chi connectivity index (χ3n) is 2.98. The van der Waals surface area contributed by atoms with Gasteiger partial charge in [-0.25, -0.2) is 4.98 Å². The van der Waals surface area contributed by atoms with E-state index in [2.05, 4.69) is 10.3 Å². The number of anilines is 1. The molecule has 0 atom stereocenters. The molecule has 0 aliphatic carbocycles. The molecule has 1 aromatic carbocycles. The number of rotatable bonds is 6. The third-order valence-corrected chi connectivity index (χ3v) is 3.74. The van der Waals surface area contributed by atoms with Crippen LogP contribution in [0.5, 0.6) is 0 Å². The van der Waals surface area contributed by atoms with E-state index in [0.29, 0.717) is 6.42 Å². The molecule has 5 heteroatoms. The van der Waals surface area contributed by atoms with E-state index < -0.39 is 5.97 Å². The van der Waals surface area contributed by atoms with E-state index in [-0.39, 0.29) is 12.0 Å². The number of nitrogens with zero attached hydrogens (tertiary/aromatic N) is 1. The van der Waals surface area contributed by atoms with Gasteiger partial charge in [-0.05, 0) is 20.3 Å². The highest BCUT2D eigenvalue weighted by atomic mass is 32.1. The Kier molecular flexibility index (Phi) is 4.39. The number of thiazole rings is 1. The van der Waals surface area contributed by atoms with Crippen molar-refractivity contribution in [1.29, 1.82) is 0 Å². The molecule has 20 heavy (non-hydrogen) atoms. The van der Waals surface area contributed by atoms with Gasteiger partial charge in [0.1, 0.15) is 0 Å². The van der Waals surface area contributed by atoms with E-state index in [4.69, 9.17) is 5.11 Å². The highest BCUT2D eigenvalue weighted by Crippen LogP contribution is 2.27. The van der Waals surface area contributed by atoms with Crippen molar-refractivity contribution in [3.8, 4) is 11.3 Å². The second-order valence-corrected chi connectivity index (χ2v) is 6.16. The van der Waals surface area contributed by atoms with Gasteiger partial charge in [-0.15, -0.1) is 11.3 Å². The number of carbonyl (C=O) groups is 1. The van der Waals surface area contributed by atoms with E-state index in [1.54, 1.807) is 0 Å². The average molecular weight is 290 g/mol. The molecule has 1 heterocycles. The fraction of sp³-hybridized carbons (Fsp3) is 0.333. The number of nitrogens with one attached hydrogen (secondary N) is 1. The maximum Gasteiger partial charge on any atom is 0.303 e. The smallest absolute Gasteiger partial charge is 0.303 e. The SMILES string of the molecule is CC(C)(CCC(=O)O)Nc1nc(-c2ccccc2)cs1. The van der Waals surface area contributed by atoms with Crippen LogP contribution < -0.4 is 5.32 Å². The van der Waals surface area contributed by atoms with Gasteiger partial charge in [0.2, 0.25) is 0 Å². The second-order valence-electron chi connectivity index (χ2n) is 5.31. The monoisotopic (exact) mass is 290 g/mol. The predicted molar refractivity (Wildman–Crippen MR) is 82.1 cm³/mol. The Balaban J connectivity index is 2.04. The van der Waals surface area contributed by atoms with Gasteiger partial charge in [0.15, 0.2) is 5.13 Å². The van der Waals surface area contributed by atoms with Crippen LogP contribution in [0, 0.1) is 0 Å². The van der Waals surface area contributed by atoms with Crippen LogP contribution in [0.2, 0.25) is 0 Å². The van der Waals surface area contributed by atoms with Gasteiger partial charge in [0.25, 0.3) is 0 Å². The molecule has 2 aromatic rings. The van der Waals surface area contributed by atoms with Gasteiger partial charge >= 0.3 is 5.97 Å². The summed E-state index contributed by atoms with van der Waals surface area (Å²) in [5, 5.41) is 14.9. The van der Waals surface area contributed by atoms with Crippen molar-refractivity contribution < 1.29 is 9.90 Å². The summed E-state index contributed by atoms with van der Waals surface area (Å²) in [7, 11) is 0. The minimum absolute atomic E-state index is 0.150. The van der Waals surface area contributed by atoms with Crippen LogP contribution in [-0.4, -0.2) is 21.6 Å². The first-order chi connectivity index (χ1) is 9.46. The summed E-state index contributed by atoms with van der Waals surface area (Å²) in [6.45, 7) is 3.97. The molecular weight excluding hydrogens is 272 g/mol. The quantitative estimate of drug-likeness (QED) is 0.848. The largest absolute Gasteiger partial charge is 0.481 e. The van der Waals surface area contributed by atoms with Gasteiger partial charge in [0, 0.05) is 22.9 Å². The minimum Gasteiger partial charge on any atom is -0.481 e. The first kappa shape index (κ1) is 14.5. The van der Waals surface area contributed by atoms with Crippen LogP contribution in [0.3, 0.4) is 0 Å². The molecule has 0 radical (unpaired) electrons. The Bertz CT molecular complexity index is 579. The molecule has 106 valence electrons. The van der Waals surface area contributed by atoms with Gasteiger partial charge in [-0.3, -0.25) is 4.79 Å². The molecule has 2 rings (SSSR count). The molecule has 0 spiro atoms. The van der Waals surface area contributed by atoms with E-state index in [9.17, 15) is 4.79 Å². The number of hydrogen-bond donors (Lipinski definition) is 2. The van der Waals surface area contributed by atoms with Crippen molar-refractivity contribution in [1.82, 2.24) is 4.98 Å². The van der Waals surface area contributed by atoms with Crippen LogP contribution in [-0.2, 0) is 4.79 Å². The molecule has 0 unspecified atom stereocenters. The van der Waals surface area contributed by atoms with Crippen molar-refractivity contribution >= 4 is 22.4 Å². The molecular formula is C15H18N2O2S. The second kappa shape index (κ2) is 6.05. The summed E-state index contributed by atoms with van der Waals surface area (Å²) in [6.07, 6.45) is 0.708. The van der Waals surface area contributed by atoms with Crippen molar-refractivity contribution in [2.24, 2.45) is 0 Å². The number of aliphatic carboxylic acids is 1. The summed E-state index contributed by atoms with van der Waals surface area (Å²) >= 11 is 1.54. The summed E-state index contributed by atoms with van der Waals surface area (Å²) in [4.78, 5) is 15.2. The van der Waals surface area contributed by atoms with Crippen LogP contribution in [0.25, 0.3) is 11.3 Å². The average Bonchev–Trinajstić information content (AvgIpc) is 2.85. The summed E-state index contributed by atoms with van der Waals surface area (Å²) in [5.74, 6) is -0.774. The van der Waals surface area contributed by atoms with Crippen LogP contribution >= 0.6 is 11.3 Å². The number of carboxylic acid groups (broad SMARTS) is 1. The highest BCUT2D eigenvalue weighted by Gasteiger charge is 2.20. The Labute approximate surface area is 122 Å². The molecule has 0 fully saturated rings. The molecule has 0 saturated carbocycles. The van der Waals surface area contributed by atoms with Crippen LogP contribution in [0.1, 0.15) is 26.7 Å². The van der Waals surface area contributed by atoms with Gasteiger partial charge in [-0.1, -0.05) is 30.3 Å². The standard InChI is InChI=1S/C15H18N2O2S/c1-15(2,9-8-13(18)19)17-14-16-12(10-20-14)11-6-4-3-5-7-11/h3-7,10H,8-9H2,1-2H3,(H,16,17)(H,18,19). The van der Waals surface area contributed by atoms with Gasteiger partial charge in [-0.2, -0.15) is 0 Å². The Morgan fingerprint density at radius 3 is 2.70 bits per heavy atom. The fourth-order valence-corrected chi connectivity index (χ4v) is 2.74. The summed E-state index contributed by atoms with van der Waals surface area (Å²) < 4.78 is 0. The van der Waals surface area contributed by atoms with E-state index in [1.165, 1.54) is 11.3 Å². The topological polar surface area (TPSA) is 62.2 Å². The molecule has 0 aliphatic heterocycles.